The van der Waals surface area contributed by atoms with Crippen molar-refractivity contribution in [3.8, 4) is 5.75 Å². The van der Waals surface area contributed by atoms with Gasteiger partial charge in [-0.2, -0.15) is 0 Å². The molecule has 1 aromatic rings. The van der Waals surface area contributed by atoms with Crippen LogP contribution in [0.5, 0.6) is 5.75 Å². The number of hydrogen-bond acceptors (Lipinski definition) is 6. The lowest BCUT2D eigenvalue weighted by atomic mass is 10.2. The van der Waals surface area contributed by atoms with Gasteiger partial charge in [0, 0.05) is 13.0 Å². The van der Waals surface area contributed by atoms with Gasteiger partial charge in [-0.1, -0.05) is 0 Å². The van der Waals surface area contributed by atoms with Crippen molar-refractivity contribution < 1.29 is 23.8 Å². The largest absolute Gasteiger partial charge is 0.497 e. The molecule has 1 saturated heterocycles. The molecule has 1 fully saturated rings. The van der Waals surface area contributed by atoms with Crippen LogP contribution in [0.1, 0.15) is 16.8 Å². The molecule has 20 heavy (non-hydrogen) atoms. The first-order valence-corrected chi connectivity index (χ1v) is 6.30. The maximum Gasteiger partial charge on any atom is 0.338 e. The van der Waals surface area contributed by atoms with E-state index in [1.807, 2.05) is 0 Å². The van der Waals surface area contributed by atoms with Crippen LogP contribution >= 0.6 is 0 Å². The number of hydrogen-bond donors (Lipinski definition) is 1. The first-order valence-electron chi connectivity index (χ1n) is 6.30. The highest BCUT2D eigenvalue weighted by molar-refractivity contribution is 5.89. The van der Waals surface area contributed by atoms with E-state index in [1.165, 1.54) is 7.11 Å². The molecule has 0 spiro atoms. The van der Waals surface area contributed by atoms with Crippen molar-refractivity contribution in [2.45, 2.75) is 18.6 Å². The minimum absolute atomic E-state index is 0.325. The molecule has 108 valence electrons. The van der Waals surface area contributed by atoms with Crippen molar-refractivity contribution in [3.05, 3.63) is 29.8 Å². The quantitative estimate of drug-likeness (QED) is 0.820. The van der Waals surface area contributed by atoms with Crippen molar-refractivity contribution in [2.24, 2.45) is 0 Å². The van der Waals surface area contributed by atoms with E-state index in [-0.39, 0.29) is 12.1 Å². The van der Waals surface area contributed by atoms with Crippen molar-refractivity contribution in [1.82, 2.24) is 5.32 Å². The van der Waals surface area contributed by atoms with Gasteiger partial charge in [-0.05, 0) is 24.3 Å². The highest BCUT2D eigenvalue weighted by Crippen LogP contribution is 2.16. The Hall–Kier alpha value is -2.08. The van der Waals surface area contributed by atoms with Crippen LogP contribution in [0.2, 0.25) is 0 Å². The summed E-state index contributed by atoms with van der Waals surface area (Å²) in [5.41, 5.74) is 0.451. The molecule has 0 unspecified atom stereocenters. The smallest absolute Gasteiger partial charge is 0.338 e. The molecule has 1 heterocycles. The number of nitrogens with one attached hydrogen (secondary N) is 1. The maximum absolute atomic E-state index is 11.9. The topological polar surface area (TPSA) is 73.9 Å². The van der Waals surface area contributed by atoms with E-state index in [9.17, 15) is 9.59 Å². The van der Waals surface area contributed by atoms with Gasteiger partial charge in [0.1, 0.15) is 17.9 Å². The lowest BCUT2D eigenvalue weighted by Gasteiger charge is -2.11. The molecule has 2 atom stereocenters. The molecule has 1 aromatic carbocycles. The first kappa shape index (κ1) is 14.3. The van der Waals surface area contributed by atoms with E-state index in [0.717, 1.165) is 0 Å². The molecule has 0 bridgehead atoms. The van der Waals surface area contributed by atoms with Crippen LogP contribution in [-0.4, -0.2) is 44.8 Å². The molecule has 6 heteroatoms. The van der Waals surface area contributed by atoms with E-state index in [4.69, 9.17) is 9.47 Å². The summed E-state index contributed by atoms with van der Waals surface area (Å²) >= 11 is 0. The second-order valence-electron chi connectivity index (χ2n) is 4.48. The minimum Gasteiger partial charge on any atom is -0.497 e. The zero-order valence-corrected chi connectivity index (χ0v) is 11.4. The van der Waals surface area contributed by atoms with Gasteiger partial charge in [-0.15, -0.1) is 0 Å². The highest BCUT2D eigenvalue weighted by Gasteiger charge is 2.32. The third kappa shape index (κ3) is 3.27. The summed E-state index contributed by atoms with van der Waals surface area (Å²) in [6, 6.07) is 6.26. The summed E-state index contributed by atoms with van der Waals surface area (Å²) in [6.07, 6.45) is 0.0999. The van der Waals surface area contributed by atoms with Gasteiger partial charge >= 0.3 is 11.9 Å². The van der Waals surface area contributed by atoms with Gasteiger partial charge in [-0.3, -0.25) is 4.79 Å². The Morgan fingerprint density at radius 2 is 1.90 bits per heavy atom. The van der Waals surface area contributed by atoms with Crippen LogP contribution in [-0.2, 0) is 14.3 Å². The second-order valence-corrected chi connectivity index (χ2v) is 4.48. The standard InChI is InChI=1S/C14H17NO5/c1-18-10-5-3-9(4-6-10)13(16)20-11-7-12(15-8-11)14(17)19-2/h3-6,11-12,15H,7-8H2,1-2H3/t11-,12+/m1/s1. The zero-order valence-electron chi connectivity index (χ0n) is 11.4. The molecular weight excluding hydrogens is 262 g/mol. The summed E-state index contributed by atoms with van der Waals surface area (Å²) in [6.45, 7) is 0.446. The van der Waals surface area contributed by atoms with Crippen LogP contribution < -0.4 is 10.1 Å². The van der Waals surface area contributed by atoms with Gasteiger partial charge in [0.25, 0.3) is 0 Å². The molecule has 1 aliphatic heterocycles. The number of carbonyl (C=O) groups is 2. The van der Waals surface area contributed by atoms with Crippen LogP contribution in [0.15, 0.2) is 24.3 Å². The Balaban J connectivity index is 1.90. The molecule has 6 nitrogen and oxygen atoms in total. The van der Waals surface area contributed by atoms with Gasteiger partial charge in [0.2, 0.25) is 0 Å². The lowest BCUT2D eigenvalue weighted by Crippen LogP contribution is -2.31. The summed E-state index contributed by atoms with van der Waals surface area (Å²) in [5.74, 6) is -0.0761. The number of benzene rings is 1. The molecule has 0 aromatic heterocycles. The number of ether oxygens (including phenoxy) is 3. The van der Waals surface area contributed by atoms with E-state index in [2.05, 4.69) is 10.1 Å². The van der Waals surface area contributed by atoms with Crippen LogP contribution in [0.25, 0.3) is 0 Å². The third-order valence-corrected chi connectivity index (χ3v) is 3.18. The van der Waals surface area contributed by atoms with Crippen LogP contribution in [0, 0.1) is 0 Å². The predicted octanol–water partition coefficient (Wildman–Crippen LogP) is 0.756. The number of carbonyl (C=O) groups excluding carboxylic acids is 2. The molecule has 0 saturated carbocycles. The summed E-state index contributed by atoms with van der Waals surface area (Å²) in [4.78, 5) is 23.3. The predicted molar refractivity (Wildman–Crippen MR) is 70.6 cm³/mol. The molecule has 0 amide bonds. The maximum atomic E-state index is 11.9. The molecular formula is C14H17NO5. The van der Waals surface area contributed by atoms with E-state index >= 15 is 0 Å². The Labute approximate surface area is 117 Å². The van der Waals surface area contributed by atoms with E-state index in [1.54, 1.807) is 31.4 Å². The summed E-state index contributed by atoms with van der Waals surface area (Å²) < 4.78 is 15.0. The third-order valence-electron chi connectivity index (χ3n) is 3.18. The molecule has 2 rings (SSSR count). The van der Waals surface area contributed by atoms with Gasteiger partial charge in [0.15, 0.2) is 0 Å². The monoisotopic (exact) mass is 279 g/mol. The van der Waals surface area contributed by atoms with Crippen molar-refractivity contribution in [2.75, 3.05) is 20.8 Å². The van der Waals surface area contributed by atoms with Gasteiger partial charge in [0.05, 0.1) is 19.8 Å². The van der Waals surface area contributed by atoms with Gasteiger partial charge < -0.3 is 19.5 Å². The minimum atomic E-state index is -0.412. The van der Waals surface area contributed by atoms with Crippen LogP contribution in [0.3, 0.4) is 0 Å². The second kappa shape index (κ2) is 6.38. The Bertz CT molecular complexity index is 485. The van der Waals surface area contributed by atoms with Crippen molar-refractivity contribution in [3.63, 3.8) is 0 Å². The lowest BCUT2D eigenvalue weighted by molar-refractivity contribution is -0.142. The number of rotatable bonds is 4. The normalized spacial score (nSPS) is 21.3. The Morgan fingerprint density at radius 3 is 2.50 bits per heavy atom. The summed E-state index contributed by atoms with van der Waals surface area (Å²) in [5, 5.41) is 2.96. The molecule has 0 aliphatic carbocycles. The van der Waals surface area contributed by atoms with Gasteiger partial charge in [-0.25, -0.2) is 4.79 Å². The average molecular weight is 279 g/mol. The first-order chi connectivity index (χ1) is 9.63. The SMILES string of the molecule is COC(=O)[C@@H]1C[C@@H](OC(=O)c2ccc(OC)cc2)CN1. The molecule has 1 N–H and O–H groups in total. The van der Waals surface area contributed by atoms with E-state index in [0.29, 0.717) is 24.3 Å². The fourth-order valence-corrected chi connectivity index (χ4v) is 2.06. The summed E-state index contributed by atoms with van der Waals surface area (Å²) in [7, 11) is 2.89. The fraction of sp³-hybridized carbons (Fsp3) is 0.429. The van der Waals surface area contributed by atoms with E-state index < -0.39 is 12.0 Å². The number of methoxy groups -OCH3 is 2. The van der Waals surface area contributed by atoms with Crippen LogP contribution in [0.4, 0.5) is 0 Å². The Kier molecular flexibility index (Phi) is 4.57. The van der Waals surface area contributed by atoms with Crippen molar-refractivity contribution in [1.29, 1.82) is 0 Å². The average Bonchev–Trinajstić information content (AvgIpc) is 2.95. The van der Waals surface area contributed by atoms with Crippen molar-refractivity contribution >= 4 is 11.9 Å². The fourth-order valence-electron chi connectivity index (χ4n) is 2.06. The molecule has 0 radical (unpaired) electrons. The zero-order chi connectivity index (χ0) is 14.5. The number of esters is 2. The Morgan fingerprint density at radius 1 is 1.20 bits per heavy atom. The molecule has 1 aliphatic rings. The highest BCUT2D eigenvalue weighted by atomic mass is 16.5.